The van der Waals surface area contributed by atoms with Gasteiger partial charge in [-0.25, -0.2) is 0 Å². The molecular formula is C18H24O4Si. The van der Waals surface area contributed by atoms with Crippen LogP contribution in [0.2, 0.25) is 0 Å². The van der Waals surface area contributed by atoms with E-state index in [0.29, 0.717) is 21.9 Å². The first-order valence-corrected chi connectivity index (χ1v) is 9.69. The molecule has 0 spiro atoms. The van der Waals surface area contributed by atoms with Crippen molar-refractivity contribution in [1.82, 2.24) is 0 Å². The zero-order chi connectivity index (χ0) is 17.0. The molecular weight excluding hydrogens is 308 g/mol. The van der Waals surface area contributed by atoms with Crippen LogP contribution in [0.4, 0.5) is 0 Å². The number of para-hydroxylation sites is 1. The molecule has 0 bridgehead atoms. The van der Waals surface area contributed by atoms with Gasteiger partial charge in [0.05, 0.1) is 12.2 Å². The van der Waals surface area contributed by atoms with Crippen LogP contribution < -0.4 is 19.8 Å². The molecule has 0 aromatic heterocycles. The Balaban J connectivity index is 2.56. The highest BCUT2D eigenvalue weighted by Gasteiger charge is 2.39. The summed E-state index contributed by atoms with van der Waals surface area (Å²) in [5.41, 5.74) is 0. The summed E-state index contributed by atoms with van der Waals surface area (Å²) >= 11 is 0. The molecule has 0 atom stereocenters. The molecule has 0 radical (unpaired) electrons. The Hall–Kier alpha value is -1.82. The topological polar surface area (TPSA) is 58.9 Å². The molecule has 4 nitrogen and oxygen atoms in total. The van der Waals surface area contributed by atoms with E-state index in [0.717, 1.165) is 0 Å². The third-order valence-electron chi connectivity index (χ3n) is 3.25. The van der Waals surface area contributed by atoms with E-state index >= 15 is 0 Å². The first-order valence-electron chi connectivity index (χ1n) is 7.79. The van der Waals surface area contributed by atoms with Gasteiger partial charge in [-0.05, 0) is 38.9 Å². The maximum absolute atomic E-state index is 10.9. The largest absolute Gasteiger partial charge is 0.487 e. The second-order valence-electron chi connectivity index (χ2n) is 6.00. The van der Waals surface area contributed by atoms with Crippen LogP contribution in [0.3, 0.4) is 0 Å². The van der Waals surface area contributed by atoms with E-state index in [1.54, 1.807) is 42.5 Å². The van der Waals surface area contributed by atoms with Gasteiger partial charge in [-0.2, -0.15) is 0 Å². The maximum Gasteiger partial charge on any atom is 0.405 e. The van der Waals surface area contributed by atoms with Crippen molar-refractivity contribution in [1.29, 1.82) is 0 Å². The van der Waals surface area contributed by atoms with Gasteiger partial charge >= 0.3 is 8.56 Å². The van der Waals surface area contributed by atoms with Gasteiger partial charge < -0.3 is 19.1 Å². The van der Waals surface area contributed by atoms with Gasteiger partial charge in [0.2, 0.25) is 0 Å². The monoisotopic (exact) mass is 332 g/mol. The molecule has 0 aliphatic heterocycles. The highest BCUT2D eigenvalue weighted by molar-refractivity contribution is 6.91. The minimum atomic E-state index is -3.85. The van der Waals surface area contributed by atoms with E-state index in [2.05, 4.69) is 0 Å². The average Bonchev–Trinajstić information content (AvgIpc) is 2.48. The third kappa shape index (κ3) is 4.13. The smallest absolute Gasteiger partial charge is 0.405 e. The van der Waals surface area contributed by atoms with Crippen molar-refractivity contribution in [3.05, 3.63) is 48.5 Å². The number of benzene rings is 2. The highest BCUT2D eigenvalue weighted by Crippen LogP contribution is 2.28. The number of ether oxygens (including phenoxy) is 2. The predicted octanol–water partition coefficient (Wildman–Crippen LogP) is 1.80. The predicted molar refractivity (Wildman–Crippen MR) is 93.9 cm³/mol. The van der Waals surface area contributed by atoms with Crippen LogP contribution in [-0.2, 0) is 0 Å². The van der Waals surface area contributed by atoms with Crippen LogP contribution in [-0.4, -0.2) is 30.4 Å². The fourth-order valence-corrected chi connectivity index (χ4v) is 4.12. The van der Waals surface area contributed by atoms with E-state index in [1.165, 1.54) is 0 Å². The lowest BCUT2D eigenvalue weighted by Crippen LogP contribution is -2.59. The van der Waals surface area contributed by atoms with Crippen LogP contribution in [0.1, 0.15) is 27.7 Å². The summed E-state index contributed by atoms with van der Waals surface area (Å²) in [5.74, 6) is 0.943. The Labute approximate surface area is 138 Å². The van der Waals surface area contributed by atoms with Crippen molar-refractivity contribution in [2.75, 3.05) is 0 Å². The molecule has 23 heavy (non-hydrogen) atoms. The molecule has 0 saturated carbocycles. The molecule has 2 N–H and O–H groups in total. The van der Waals surface area contributed by atoms with Crippen molar-refractivity contribution in [3.63, 3.8) is 0 Å². The highest BCUT2D eigenvalue weighted by atomic mass is 28.4. The van der Waals surface area contributed by atoms with Crippen molar-refractivity contribution >= 4 is 18.9 Å². The van der Waals surface area contributed by atoms with Gasteiger partial charge in [-0.1, -0.05) is 42.5 Å². The zero-order valence-corrected chi connectivity index (χ0v) is 15.0. The normalized spacial score (nSPS) is 11.8. The Morgan fingerprint density at radius 1 is 0.783 bits per heavy atom. The number of hydrogen-bond acceptors (Lipinski definition) is 4. The molecule has 0 amide bonds. The molecule has 2 aromatic rings. The summed E-state index contributed by atoms with van der Waals surface area (Å²) in [6, 6.07) is 14.1. The molecule has 2 aromatic carbocycles. The van der Waals surface area contributed by atoms with E-state index in [1.807, 2.05) is 33.8 Å². The SMILES string of the molecule is CC(C)Oc1cccc([Si](O)(O)c2ccccc2)c1OC(C)C. The Bertz CT molecular complexity index is 639. The molecule has 0 aliphatic carbocycles. The quantitative estimate of drug-likeness (QED) is 0.792. The van der Waals surface area contributed by atoms with Crippen molar-refractivity contribution < 1.29 is 19.1 Å². The van der Waals surface area contributed by atoms with E-state index < -0.39 is 8.56 Å². The van der Waals surface area contributed by atoms with Crippen LogP contribution in [0.25, 0.3) is 0 Å². The zero-order valence-electron chi connectivity index (χ0n) is 14.0. The summed E-state index contributed by atoms with van der Waals surface area (Å²) < 4.78 is 11.7. The summed E-state index contributed by atoms with van der Waals surface area (Å²) in [4.78, 5) is 21.7. The molecule has 0 saturated heterocycles. The summed E-state index contributed by atoms with van der Waals surface area (Å²) in [6.45, 7) is 7.64. The lowest BCUT2D eigenvalue weighted by molar-refractivity contribution is 0.199. The van der Waals surface area contributed by atoms with Gasteiger partial charge in [-0.15, -0.1) is 0 Å². The Kier molecular flexibility index (Phi) is 5.46. The second-order valence-corrected chi connectivity index (χ2v) is 8.46. The summed E-state index contributed by atoms with van der Waals surface area (Å²) in [6.07, 6.45) is -0.142. The second kappa shape index (κ2) is 7.17. The van der Waals surface area contributed by atoms with Gasteiger partial charge in [-0.3, -0.25) is 0 Å². The Morgan fingerprint density at radius 3 is 1.96 bits per heavy atom. The van der Waals surface area contributed by atoms with Crippen molar-refractivity contribution in [2.45, 2.75) is 39.9 Å². The van der Waals surface area contributed by atoms with Crippen LogP contribution in [0.5, 0.6) is 11.5 Å². The van der Waals surface area contributed by atoms with E-state index in [4.69, 9.17) is 9.47 Å². The van der Waals surface area contributed by atoms with Gasteiger partial charge in [0.1, 0.15) is 0 Å². The number of rotatable bonds is 6. The molecule has 124 valence electrons. The first kappa shape index (κ1) is 17.5. The molecule has 0 fully saturated rings. The van der Waals surface area contributed by atoms with E-state index in [-0.39, 0.29) is 12.2 Å². The Morgan fingerprint density at radius 2 is 1.39 bits per heavy atom. The molecule has 5 heteroatoms. The standard InChI is InChI=1S/C18H24O4Si/c1-13(2)21-16-11-8-12-17(18(16)22-14(3)4)23(19,20)15-9-6-5-7-10-15/h5-14,19-20H,1-4H3. The van der Waals surface area contributed by atoms with Crippen molar-refractivity contribution in [3.8, 4) is 11.5 Å². The lowest BCUT2D eigenvalue weighted by Gasteiger charge is -2.25. The fourth-order valence-electron chi connectivity index (χ4n) is 2.32. The summed E-state index contributed by atoms with van der Waals surface area (Å²) in [7, 11) is -3.85. The molecule has 0 unspecified atom stereocenters. The lowest BCUT2D eigenvalue weighted by atomic mass is 10.3. The van der Waals surface area contributed by atoms with Crippen LogP contribution >= 0.6 is 0 Å². The minimum absolute atomic E-state index is 0.0371. The number of hydrogen-bond donors (Lipinski definition) is 2. The van der Waals surface area contributed by atoms with Crippen LogP contribution in [0, 0.1) is 0 Å². The summed E-state index contributed by atoms with van der Waals surface area (Å²) in [5, 5.41) is 0.908. The first-order chi connectivity index (χ1) is 10.8. The van der Waals surface area contributed by atoms with Gasteiger partial charge in [0.15, 0.2) is 11.5 Å². The third-order valence-corrected chi connectivity index (χ3v) is 5.53. The van der Waals surface area contributed by atoms with Gasteiger partial charge in [0, 0.05) is 5.19 Å². The van der Waals surface area contributed by atoms with Crippen molar-refractivity contribution in [2.24, 2.45) is 0 Å². The average molecular weight is 332 g/mol. The molecule has 0 aliphatic rings. The molecule has 2 rings (SSSR count). The maximum atomic E-state index is 10.9. The molecule has 0 heterocycles. The van der Waals surface area contributed by atoms with Gasteiger partial charge in [0.25, 0.3) is 0 Å². The minimum Gasteiger partial charge on any atom is -0.487 e. The van der Waals surface area contributed by atoms with E-state index in [9.17, 15) is 9.59 Å². The fraction of sp³-hybridized carbons (Fsp3) is 0.333. The van der Waals surface area contributed by atoms with Crippen LogP contribution in [0.15, 0.2) is 48.5 Å².